The maximum absolute atomic E-state index is 10.2. The van der Waals surface area contributed by atoms with Gasteiger partial charge in [-0.25, -0.2) is 0 Å². The number of nitrogens with two attached hydrogens (primary N) is 1. The van der Waals surface area contributed by atoms with Crippen LogP contribution in [0.15, 0.2) is 18.2 Å². The predicted octanol–water partition coefficient (Wildman–Crippen LogP) is 3.41. The van der Waals surface area contributed by atoms with E-state index in [1.165, 1.54) is 0 Å². The lowest BCUT2D eigenvalue weighted by Crippen LogP contribution is -2.18. The summed E-state index contributed by atoms with van der Waals surface area (Å²) < 4.78 is 5.40. The van der Waals surface area contributed by atoms with Gasteiger partial charge in [-0.2, -0.15) is 0 Å². The van der Waals surface area contributed by atoms with Crippen LogP contribution in [0.2, 0.25) is 0 Å². The first kappa shape index (κ1) is 14.8. The van der Waals surface area contributed by atoms with E-state index >= 15 is 0 Å². The number of para-hydroxylation sites is 1. The lowest BCUT2D eigenvalue weighted by atomic mass is 9.93. The zero-order chi connectivity index (χ0) is 13.5. The highest BCUT2D eigenvalue weighted by Crippen LogP contribution is 2.36. The Hall–Kier alpha value is -1.22. The van der Waals surface area contributed by atoms with Crippen LogP contribution in [-0.2, 0) is 0 Å². The van der Waals surface area contributed by atoms with Gasteiger partial charge < -0.3 is 15.6 Å². The molecule has 102 valence electrons. The summed E-state index contributed by atoms with van der Waals surface area (Å²) in [4.78, 5) is 0. The summed E-state index contributed by atoms with van der Waals surface area (Å²) in [5.74, 6) is 1.14. The Kier molecular flexibility index (Phi) is 5.99. The van der Waals surface area contributed by atoms with Gasteiger partial charge in [-0.3, -0.25) is 0 Å². The van der Waals surface area contributed by atoms with Gasteiger partial charge >= 0.3 is 0 Å². The van der Waals surface area contributed by atoms with Crippen LogP contribution in [0.25, 0.3) is 0 Å². The third-order valence-corrected chi connectivity index (χ3v) is 3.36. The van der Waals surface area contributed by atoms with Crippen molar-refractivity contribution >= 4 is 0 Å². The number of benzene rings is 1. The molecule has 0 radical (unpaired) electrons. The van der Waals surface area contributed by atoms with Crippen LogP contribution in [0.5, 0.6) is 11.5 Å². The second kappa shape index (κ2) is 7.27. The topological polar surface area (TPSA) is 55.5 Å². The van der Waals surface area contributed by atoms with Crippen molar-refractivity contribution in [2.75, 3.05) is 6.61 Å². The van der Waals surface area contributed by atoms with E-state index < -0.39 is 0 Å². The lowest BCUT2D eigenvalue weighted by Gasteiger charge is -2.17. The Balaban J connectivity index is 2.73. The van der Waals surface area contributed by atoms with E-state index in [1.807, 2.05) is 19.1 Å². The average molecular weight is 251 g/mol. The molecular formula is C15H25NO2. The van der Waals surface area contributed by atoms with Crippen molar-refractivity contribution in [2.24, 2.45) is 5.73 Å². The van der Waals surface area contributed by atoms with Crippen molar-refractivity contribution in [2.45, 2.75) is 52.0 Å². The third-order valence-electron chi connectivity index (χ3n) is 3.36. The molecule has 2 unspecified atom stereocenters. The highest BCUT2D eigenvalue weighted by molar-refractivity contribution is 5.46. The van der Waals surface area contributed by atoms with Crippen LogP contribution >= 0.6 is 0 Å². The lowest BCUT2D eigenvalue weighted by molar-refractivity contribution is 0.315. The molecule has 0 fully saturated rings. The van der Waals surface area contributed by atoms with Gasteiger partial charge in [0.25, 0.3) is 0 Å². The summed E-state index contributed by atoms with van der Waals surface area (Å²) >= 11 is 0. The van der Waals surface area contributed by atoms with Crippen LogP contribution in [-0.4, -0.2) is 17.8 Å². The Labute approximate surface area is 110 Å². The molecule has 0 amide bonds. The van der Waals surface area contributed by atoms with Crippen molar-refractivity contribution in [3.8, 4) is 11.5 Å². The standard InChI is InChI=1S/C15H25NO2/c1-4-12(16)10-9-11(3)13-7-6-8-14(15(13)17)18-5-2/h6-8,11-12,17H,4-5,9-10,16H2,1-3H3. The molecule has 1 rings (SSSR count). The summed E-state index contributed by atoms with van der Waals surface area (Å²) in [6.45, 7) is 6.69. The van der Waals surface area contributed by atoms with Crippen LogP contribution < -0.4 is 10.5 Å². The monoisotopic (exact) mass is 251 g/mol. The maximum Gasteiger partial charge on any atom is 0.161 e. The molecule has 1 aromatic carbocycles. The quantitative estimate of drug-likeness (QED) is 0.780. The molecule has 0 aliphatic carbocycles. The Morgan fingerprint density at radius 3 is 2.61 bits per heavy atom. The summed E-state index contributed by atoms with van der Waals surface area (Å²) in [6.07, 6.45) is 2.96. The molecule has 0 heterocycles. The minimum absolute atomic E-state index is 0.254. The molecule has 0 saturated carbocycles. The summed E-state index contributed by atoms with van der Waals surface area (Å²) in [7, 11) is 0. The Morgan fingerprint density at radius 2 is 2.00 bits per heavy atom. The molecule has 0 bridgehead atoms. The van der Waals surface area contributed by atoms with E-state index in [1.54, 1.807) is 6.07 Å². The van der Waals surface area contributed by atoms with Gasteiger partial charge in [-0.1, -0.05) is 26.0 Å². The van der Waals surface area contributed by atoms with Gasteiger partial charge in [0.1, 0.15) is 0 Å². The Bertz CT molecular complexity index is 366. The Morgan fingerprint density at radius 1 is 1.28 bits per heavy atom. The highest BCUT2D eigenvalue weighted by atomic mass is 16.5. The fraction of sp³-hybridized carbons (Fsp3) is 0.600. The number of phenols is 1. The number of aromatic hydroxyl groups is 1. The molecule has 18 heavy (non-hydrogen) atoms. The molecule has 3 N–H and O–H groups in total. The van der Waals surface area contributed by atoms with Crippen LogP contribution in [0, 0.1) is 0 Å². The van der Waals surface area contributed by atoms with E-state index in [0.717, 1.165) is 24.8 Å². The smallest absolute Gasteiger partial charge is 0.161 e. The summed E-state index contributed by atoms with van der Waals surface area (Å²) in [5.41, 5.74) is 6.88. The van der Waals surface area contributed by atoms with Crippen molar-refractivity contribution in [3.63, 3.8) is 0 Å². The highest BCUT2D eigenvalue weighted by Gasteiger charge is 2.14. The minimum Gasteiger partial charge on any atom is -0.504 e. The van der Waals surface area contributed by atoms with Gasteiger partial charge in [0.15, 0.2) is 11.5 Å². The molecule has 1 aromatic rings. The number of rotatable bonds is 7. The number of ether oxygens (including phenoxy) is 1. The molecule has 2 atom stereocenters. The van der Waals surface area contributed by atoms with Gasteiger partial charge in [-0.05, 0) is 38.2 Å². The predicted molar refractivity (Wildman–Crippen MR) is 75.2 cm³/mol. The van der Waals surface area contributed by atoms with Crippen molar-refractivity contribution in [1.29, 1.82) is 0 Å². The third kappa shape index (κ3) is 3.91. The molecule has 0 saturated heterocycles. The van der Waals surface area contributed by atoms with Crippen molar-refractivity contribution < 1.29 is 9.84 Å². The molecule has 0 aliphatic rings. The van der Waals surface area contributed by atoms with E-state index in [2.05, 4.69) is 13.8 Å². The normalized spacial score (nSPS) is 14.2. The molecule has 0 aliphatic heterocycles. The fourth-order valence-electron chi connectivity index (χ4n) is 2.03. The summed E-state index contributed by atoms with van der Waals surface area (Å²) in [5, 5.41) is 10.2. The first-order chi connectivity index (χ1) is 8.60. The molecule has 3 heteroatoms. The van der Waals surface area contributed by atoms with Gasteiger partial charge in [0.05, 0.1) is 6.61 Å². The molecule has 0 spiro atoms. The van der Waals surface area contributed by atoms with Gasteiger partial charge in [-0.15, -0.1) is 0 Å². The first-order valence-electron chi connectivity index (χ1n) is 6.80. The van der Waals surface area contributed by atoms with Crippen LogP contribution in [0.3, 0.4) is 0 Å². The van der Waals surface area contributed by atoms with E-state index in [-0.39, 0.29) is 11.8 Å². The zero-order valence-corrected chi connectivity index (χ0v) is 11.6. The van der Waals surface area contributed by atoms with Crippen LogP contribution in [0.4, 0.5) is 0 Å². The zero-order valence-electron chi connectivity index (χ0n) is 11.6. The van der Waals surface area contributed by atoms with E-state index in [0.29, 0.717) is 18.3 Å². The number of phenolic OH excluding ortho intramolecular Hbond substituents is 1. The average Bonchev–Trinajstić information content (AvgIpc) is 2.38. The molecule has 0 aromatic heterocycles. The molecule has 3 nitrogen and oxygen atoms in total. The minimum atomic E-state index is 0.254. The van der Waals surface area contributed by atoms with E-state index in [4.69, 9.17) is 10.5 Å². The molecular weight excluding hydrogens is 226 g/mol. The largest absolute Gasteiger partial charge is 0.504 e. The SMILES string of the molecule is CCOc1cccc(C(C)CCC(N)CC)c1O. The maximum atomic E-state index is 10.2. The summed E-state index contributed by atoms with van der Waals surface area (Å²) in [6, 6.07) is 5.94. The second-order valence-electron chi connectivity index (χ2n) is 4.77. The van der Waals surface area contributed by atoms with Crippen molar-refractivity contribution in [1.82, 2.24) is 0 Å². The number of hydrogen-bond donors (Lipinski definition) is 2. The van der Waals surface area contributed by atoms with Gasteiger partial charge in [0.2, 0.25) is 0 Å². The van der Waals surface area contributed by atoms with E-state index in [9.17, 15) is 5.11 Å². The second-order valence-corrected chi connectivity index (χ2v) is 4.77. The van der Waals surface area contributed by atoms with Gasteiger partial charge in [0, 0.05) is 11.6 Å². The fourth-order valence-corrected chi connectivity index (χ4v) is 2.03. The number of hydrogen-bond acceptors (Lipinski definition) is 3. The first-order valence-corrected chi connectivity index (χ1v) is 6.80. The van der Waals surface area contributed by atoms with Crippen molar-refractivity contribution in [3.05, 3.63) is 23.8 Å². The van der Waals surface area contributed by atoms with Crippen LogP contribution in [0.1, 0.15) is 51.5 Å².